The second-order valence-electron chi connectivity index (χ2n) is 5.15. The van der Waals surface area contributed by atoms with Crippen LogP contribution in [0.3, 0.4) is 0 Å². The average Bonchev–Trinajstić information content (AvgIpc) is 2.55. The lowest BCUT2D eigenvalue weighted by Gasteiger charge is -2.39. The first-order valence-corrected chi connectivity index (χ1v) is 6.92. The summed E-state index contributed by atoms with van der Waals surface area (Å²) in [5.41, 5.74) is 0.585. The number of aliphatic hydroxyl groups is 4. The highest BCUT2D eigenvalue weighted by Crippen LogP contribution is 2.28. The molecule has 0 unspecified atom stereocenters. The Kier molecular flexibility index (Phi) is 4.23. The molecule has 1 aliphatic heterocycles. The van der Waals surface area contributed by atoms with Gasteiger partial charge in [0.15, 0.2) is 0 Å². The zero-order chi connectivity index (χ0) is 15.7. The molecule has 1 aromatic carbocycles. The van der Waals surface area contributed by atoms with Gasteiger partial charge in [-0.15, -0.1) is 0 Å². The molecule has 2 aromatic rings. The number of rotatable bonds is 3. The van der Waals surface area contributed by atoms with E-state index >= 15 is 0 Å². The molecule has 0 amide bonds. The fourth-order valence-corrected chi connectivity index (χ4v) is 2.46. The molecular formula is C15H17NO6. The lowest BCUT2D eigenvalue weighted by atomic mass is 9.99. The topological polar surface area (TPSA) is 112 Å². The van der Waals surface area contributed by atoms with Gasteiger partial charge in [0.05, 0.1) is 6.61 Å². The summed E-state index contributed by atoms with van der Waals surface area (Å²) in [6.07, 6.45) is -4.95. The molecule has 4 N–H and O–H groups in total. The number of aromatic nitrogens is 1. The van der Waals surface area contributed by atoms with Crippen LogP contribution in [0.2, 0.25) is 0 Å². The largest absolute Gasteiger partial charge is 0.460 e. The lowest BCUT2D eigenvalue weighted by Crippen LogP contribution is -2.60. The molecule has 0 radical (unpaired) electrons. The number of pyridine rings is 1. The predicted molar refractivity (Wildman–Crippen MR) is 76.1 cm³/mol. The Morgan fingerprint density at radius 3 is 2.59 bits per heavy atom. The monoisotopic (exact) mass is 307 g/mol. The highest BCUT2D eigenvalue weighted by molar-refractivity contribution is 5.84. The maximum Gasteiger partial charge on any atom is 0.229 e. The molecule has 22 heavy (non-hydrogen) atoms. The van der Waals surface area contributed by atoms with Crippen LogP contribution in [0.15, 0.2) is 36.5 Å². The Bertz CT molecular complexity index is 643. The van der Waals surface area contributed by atoms with Crippen molar-refractivity contribution < 1.29 is 29.9 Å². The van der Waals surface area contributed by atoms with Gasteiger partial charge in [0.2, 0.25) is 6.29 Å². The van der Waals surface area contributed by atoms with Gasteiger partial charge in [-0.1, -0.05) is 18.2 Å². The van der Waals surface area contributed by atoms with Crippen molar-refractivity contribution in [2.24, 2.45) is 0 Å². The van der Waals surface area contributed by atoms with Crippen molar-refractivity contribution >= 4 is 10.9 Å². The molecule has 0 spiro atoms. The third-order valence-electron chi connectivity index (χ3n) is 3.69. The van der Waals surface area contributed by atoms with Gasteiger partial charge >= 0.3 is 0 Å². The van der Waals surface area contributed by atoms with Crippen molar-refractivity contribution in [3.8, 4) is 5.75 Å². The molecule has 1 aromatic heterocycles. The van der Waals surface area contributed by atoms with Gasteiger partial charge in [0.1, 0.15) is 35.7 Å². The summed E-state index contributed by atoms with van der Waals surface area (Å²) >= 11 is 0. The van der Waals surface area contributed by atoms with Crippen LogP contribution in [-0.4, -0.2) is 62.7 Å². The molecule has 1 aliphatic rings. The van der Waals surface area contributed by atoms with E-state index in [1.807, 2.05) is 12.1 Å². The molecule has 0 bridgehead atoms. The van der Waals surface area contributed by atoms with E-state index in [9.17, 15) is 20.4 Å². The highest BCUT2D eigenvalue weighted by Gasteiger charge is 2.44. The van der Waals surface area contributed by atoms with Crippen LogP contribution in [0, 0.1) is 0 Å². The number of fused-ring (bicyclic) bond motifs is 1. The Balaban J connectivity index is 1.87. The third-order valence-corrected chi connectivity index (χ3v) is 3.69. The maximum absolute atomic E-state index is 9.99. The predicted octanol–water partition coefficient (Wildman–Crippen LogP) is -0.587. The zero-order valence-corrected chi connectivity index (χ0v) is 11.6. The molecular weight excluding hydrogens is 290 g/mol. The standard InChI is InChI=1S/C15H17NO6/c17-7-10-12(18)13(19)14(20)15(22-10)21-9-5-1-3-8-4-2-6-16-11(8)9/h1-6,10,12-15,17-20H,7H2/t10-,12-,13+,14+,15+/m0/s1. The fourth-order valence-electron chi connectivity index (χ4n) is 2.46. The van der Waals surface area contributed by atoms with Crippen molar-refractivity contribution in [2.75, 3.05) is 6.61 Å². The third kappa shape index (κ3) is 2.65. The number of ether oxygens (including phenoxy) is 2. The second-order valence-corrected chi connectivity index (χ2v) is 5.15. The fraction of sp³-hybridized carbons (Fsp3) is 0.400. The van der Waals surface area contributed by atoms with Gasteiger partial charge < -0.3 is 29.9 Å². The van der Waals surface area contributed by atoms with Gasteiger partial charge in [0.25, 0.3) is 0 Å². The quantitative estimate of drug-likeness (QED) is 0.600. The number of para-hydroxylation sites is 1. The van der Waals surface area contributed by atoms with Gasteiger partial charge in [-0.05, 0) is 12.1 Å². The number of aliphatic hydroxyl groups excluding tert-OH is 4. The molecule has 0 aliphatic carbocycles. The van der Waals surface area contributed by atoms with Crippen LogP contribution in [0.5, 0.6) is 5.75 Å². The van der Waals surface area contributed by atoms with Crippen molar-refractivity contribution in [3.63, 3.8) is 0 Å². The summed E-state index contributed by atoms with van der Waals surface area (Å²) < 4.78 is 10.9. The summed E-state index contributed by atoms with van der Waals surface area (Å²) in [5, 5.41) is 39.5. The smallest absolute Gasteiger partial charge is 0.229 e. The number of hydrogen-bond acceptors (Lipinski definition) is 7. The Labute approximate surface area is 126 Å². The summed E-state index contributed by atoms with van der Waals surface area (Å²) in [6.45, 7) is -0.501. The first-order valence-electron chi connectivity index (χ1n) is 6.92. The van der Waals surface area contributed by atoms with Crippen molar-refractivity contribution in [1.29, 1.82) is 0 Å². The van der Waals surface area contributed by atoms with E-state index in [0.717, 1.165) is 5.39 Å². The van der Waals surface area contributed by atoms with E-state index in [4.69, 9.17) is 9.47 Å². The molecule has 1 saturated heterocycles. The summed E-state index contributed by atoms with van der Waals surface area (Å²) in [6, 6.07) is 8.95. The molecule has 7 heteroatoms. The second kappa shape index (κ2) is 6.15. The normalized spacial score (nSPS) is 32.1. The molecule has 2 heterocycles. The maximum atomic E-state index is 9.99. The van der Waals surface area contributed by atoms with Gasteiger partial charge in [-0.2, -0.15) is 0 Å². The van der Waals surface area contributed by atoms with Crippen LogP contribution in [0.25, 0.3) is 10.9 Å². The van der Waals surface area contributed by atoms with Gasteiger partial charge in [-0.25, -0.2) is 0 Å². The number of nitrogens with zero attached hydrogens (tertiary/aromatic N) is 1. The molecule has 3 rings (SSSR count). The molecule has 0 saturated carbocycles. The van der Waals surface area contributed by atoms with Gasteiger partial charge in [0, 0.05) is 11.6 Å². The molecule has 5 atom stereocenters. The van der Waals surface area contributed by atoms with Crippen molar-refractivity contribution in [2.45, 2.75) is 30.7 Å². The zero-order valence-electron chi connectivity index (χ0n) is 11.6. The first-order chi connectivity index (χ1) is 10.6. The Hall–Kier alpha value is -1.77. The van der Waals surface area contributed by atoms with E-state index in [1.54, 1.807) is 24.4 Å². The van der Waals surface area contributed by atoms with E-state index in [-0.39, 0.29) is 0 Å². The minimum Gasteiger partial charge on any atom is -0.460 e. The summed E-state index contributed by atoms with van der Waals surface area (Å²) in [7, 11) is 0. The highest BCUT2D eigenvalue weighted by atomic mass is 16.7. The van der Waals surface area contributed by atoms with Crippen LogP contribution >= 0.6 is 0 Å². The minimum absolute atomic E-state index is 0.377. The first kappa shape index (κ1) is 15.1. The van der Waals surface area contributed by atoms with Crippen LogP contribution in [0.4, 0.5) is 0 Å². The van der Waals surface area contributed by atoms with E-state index in [0.29, 0.717) is 11.3 Å². The molecule has 118 valence electrons. The Morgan fingerprint density at radius 2 is 1.82 bits per heavy atom. The van der Waals surface area contributed by atoms with E-state index in [1.165, 1.54) is 0 Å². The summed E-state index contributed by atoms with van der Waals surface area (Å²) in [5.74, 6) is 0.377. The lowest BCUT2D eigenvalue weighted by molar-refractivity contribution is -0.277. The SMILES string of the molecule is OC[C@@H]1O[C@@H](Oc2cccc3cccnc23)[C@H](O)[C@H](O)[C@H]1O. The van der Waals surface area contributed by atoms with Crippen LogP contribution < -0.4 is 4.74 Å². The van der Waals surface area contributed by atoms with Crippen LogP contribution in [0.1, 0.15) is 0 Å². The number of benzene rings is 1. The van der Waals surface area contributed by atoms with Gasteiger partial charge in [-0.3, -0.25) is 4.98 Å². The number of hydrogen-bond donors (Lipinski definition) is 4. The average molecular weight is 307 g/mol. The summed E-state index contributed by atoms with van der Waals surface area (Å²) in [4.78, 5) is 4.22. The van der Waals surface area contributed by atoms with Crippen molar-refractivity contribution in [1.82, 2.24) is 4.98 Å². The van der Waals surface area contributed by atoms with Crippen molar-refractivity contribution in [3.05, 3.63) is 36.5 Å². The Morgan fingerprint density at radius 1 is 1.05 bits per heavy atom. The molecule has 7 nitrogen and oxygen atoms in total. The van der Waals surface area contributed by atoms with E-state index < -0.39 is 37.3 Å². The molecule has 1 fully saturated rings. The van der Waals surface area contributed by atoms with Crippen LogP contribution in [-0.2, 0) is 4.74 Å². The van der Waals surface area contributed by atoms with E-state index in [2.05, 4.69) is 4.98 Å². The minimum atomic E-state index is -1.47.